The van der Waals surface area contributed by atoms with E-state index in [2.05, 4.69) is 0 Å². The standard InChI is InChI=1S/C18H19F3O2/c1-23-17-8-3-2-5-14(17)6-4-7-16(22)13-9-11-15(12-10-13)18(19,20)21/h2-3,5,8-12,16,22H,4,6-7H2,1H3/t16-/m1/s1. The third-order valence-electron chi connectivity index (χ3n) is 3.74. The molecule has 23 heavy (non-hydrogen) atoms. The molecule has 0 saturated heterocycles. The van der Waals surface area contributed by atoms with Gasteiger partial charge in [-0.15, -0.1) is 0 Å². The summed E-state index contributed by atoms with van der Waals surface area (Å²) in [6, 6.07) is 12.3. The highest BCUT2D eigenvalue weighted by Crippen LogP contribution is 2.30. The van der Waals surface area contributed by atoms with Crippen LogP contribution in [0.1, 0.15) is 35.6 Å². The van der Waals surface area contributed by atoms with Crippen molar-refractivity contribution in [2.75, 3.05) is 7.11 Å². The molecule has 2 rings (SSSR count). The van der Waals surface area contributed by atoms with E-state index < -0.39 is 17.8 Å². The van der Waals surface area contributed by atoms with Crippen LogP contribution >= 0.6 is 0 Å². The van der Waals surface area contributed by atoms with Gasteiger partial charge in [0.25, 0.3) is 0 Å². The monoisotopic (exact) mass is 324 g/mol. The lowest BCUT2D eigenvalue weighted by atomic mass is 10.00. The van der Waals surface area contributed by atoms with E-state index >= 15 is 0 Å². The molecule has 5 heteroatoms. The number of rotatable bonds is 6. The second kappa shape index (κ2) is 7.51. The maximum atomic E-state index is 12.5. The Morgan fingerprint density at radius 3 is 2.30 bits per heavy atom. The molecule has 0 bridgehead atoms. The number of halogens is 3. The molecule has 2 aromatic rings. The van der Waals surface area contributed by atoms with Crippen molar-refractivity contribution in [3.05, 3.63) is 65.2 Å². The number of aliphatic hydroxyl groups is 1. The van der Waals surface area contributed by atoms with Crippen LogP contribution in [-0.4, -0.2) is 12.2 Å². The molecule has 0 aliphatic rings. The second-order valence-corrected chi connectivity index (χ2v) is 5.34. The Kier molecular flexibility index (Phi) is 5.66. The molecule has 0 radical (unpaired) electrons. The molecule has 0 unspecified atom stereocenters. The van der Waals surface area contributed by atoms with Crippen molar-refractivity contribution < 1.29 is 23.0 Å². The SMILES string of the molecule is COc1ccccc1CCC[C@@H](O)c1ccc(C(F)(F)F)cc1. The molecule has 0 spiro atoms. The van der Waals surface area contributed by atoms with E-state index in [1.165, 1.54) is 12.1 Å². The number of methoxy groups -OCH3 is 1. The van der Waals surface area contributed by atoms with Gasteiger partial charge in [-0.3, -0.25) is 0 Å². The summed E-state index contributed by atoms with van der Waals surface area (Å²) in [5.41, 5.74) is 0.843. The van der Waals surface area contributed by atoms with Gasteiger partial charge < -0.3 is 9.84 Å². The first kappa shape index (κ1) is 17.3. The van der Waals surface area contributed by atoms with E-state index in [4.69, 9.17) is 4.74 Å². The van der Waals surface area contributed by atoms with Crippen LogP contribution in [0.25, 0.3) is 0 Å². The number of aryl methyl sites for hydroxylation is 1. The molecule has 0 amide bonds. The van der Waals surface area contributed by atoms with E-state index in [-0.39, 0.29) is 0 Å². The zero-order valence-corrected chi connectivity index (χ0v) is 12.8. The lowest BCUT2D eigenvalue weighted by Crippen LogP contribution is -2.05. The first-order valence-corrected chi connectivity index (χ1v) is 7.39. The molecule has 0 fully saturated rings. The van der Waals surface area contributed by atoms with Crippen LogP contribution < -0.4 is 4.74 Å². The average molecular weight is 324 g/mol. The van der Waals surface area contributed by atoms with Gasteiger partial charge in [0.2, 0.25) is 0 Å². The smallest absolute Gasteiger partial charge is 0.416 e. The molecule has 0 heterocycles. The average Bonchev–Trinajstić information content (AvgIpc) is 2.54. The predicted octanol–water partition coefficient (Wildman–Crippen LogP) is 4.77. The normalized spacial score (nSPS) is 12.9. The number of hydrogen-bond acceptors (Lipinski definition) is 2. The van der Waals surface area contributed by atoms with Crippen molar-refractivity contribution in [1.29, 1.82) is 0 Å². The molecular formula is C18H19F3O2. The predicted molar refractivity (Wildman–Crippen MR) is 82.3 cm³/mol. The van der Waals surface area contributed by atoms with Crippen molar-refractivity contribution in [3.8, 4) is 5.75 Å². The molecule has 0 aromatic heterocycles. The number of benzene rings is 2. The van der Waals surface area contributed by atoms with Gasteiger partial charge >= 0.3 is 6.18 Å². The topological polar surface area (TPSA) is 29.5 Å². The fourth-order valence-electron chi connectivity index (χ4n) is 2.46. The zero-order valence-electron chi connectivity index (χ0n) is 12.8. The number of hydrogen-bond donors (Lipinski definition) is 1. The molecule has 1 N–H and O–H groups in total. The van der Waals surface area contributed by atoms with Crippen LogP contribution in [0, 0.1) is 0 Å². The van der Waals surface area contributed by atoms with Crippen molar-refractivity contribution in [3.63, 3.8) is 0 Å². The summed E-state index contributed by atoms with van der Waals surface area (Å²) in [4.78, 5) is 0. The van der Waals surface area contributed by atoms with Crippen molar-refractivity contribution in [2.24, 2.45) is 0 Å². The molecular weight excluding hydrogens is 305 g/mol. The van der Waals surface area contributed by atoms with Crippen molar-refractivity contribution in [1.82, 2.24) is 0 Å². The Bertz CT molecular complexity index is 621. The molecule has 124 valence electrons. The summed E-state index contributed by atoms with van der Waals surface area (Å²) >= 11 is 0. The molecule has 2 aromatic carbocycles. The minimum absolute atomic E-state index is 0.476. The highest BCUT2D eigenvalue weighted by atomic mass is 19.4. The quantitative estimate of drug-likeness (QED) is 0.829. The van der Waals surface area contributed by atoms with Gasteiger partial charge in [0, 0.05) is 0 Å². The minimum Gasteiger partial charge on any atom is -0.496 e. The molecule has 1 atom stereocenters. The third-order valence-corrected chi connectivity index (χ3v) is 3.74. The highest BCUT2D eigenvalue weighted by molar-refractivity contribution is 5.33. The van der Waals surface area contributed by atoms with Gasteiger partial charge in [-0.2, -0.15) is 13.2 Å². The first-order valence-electron chi connectivity index (χ1n) is 7.39. The van der Waals surface area contributed by atoms with Gasteiger partial charge in [0.1, 0.15) is 5.75 Å². The Labute approximate surface area is 133 Å². The Morgan fingerprint density at radius 2 is 1.70 bits per heavy atom. The highest BCUT2D eigenvalue weighted by Gasteiger charge is 2.30. The Hall–Kier alpha value is -2.01. The van der Waals surface area contributed by atoms with E-state index in [1.54, 1.807) is 7.11 Å². The lowest BCUT2D eigenvalue weighted by molar-refractivity contribution is -0.137. The summed E-state index contributed by atoms with van der Waals surface area (Å²) < 4.78 is 42.8. The number of para-hydroxylation sites is 1. The maximum absolute atomic E-state index is 12.5. The van der Waals surface area contributed by atoms with Gasteiger partial charge in [0.05, 0.1) is 18.8 Å². The molecule has 0 aliphatic carbocycles. The number of ether oxygens (including phenoxy) is 1. The van der Waals surface area contributed by atoms with Crippen LogP contribution in [0.4, 0.5) is 13.2 Å². The van der Waals surface area contributed by atoms with E-state index in [1.807, 2.05) is 24.3 Å². The van der Waals surface area contributed by atoms with Crippen LogP contribution in [0.5, 0.6) is 5.75 Å². The molecule has 2 nitrogen and oxygen atoms in total. The number of aliphatic hydroxyl groups excluding tert-OH is 1. The first-order chi connectivity index (χ1) is 10.9. The summed E-state index contributed by atoms with van der Waals surface area (Å²) in [6.45, 7) is 0. The summed E-state index contributed by atoms with van der Waals surface area (Å²) in [5, 5.41) is 10.1. The van der Waals surface area contributed by atoms with Crippen LogP contribution in [0.15, 0.2) is 48.5 Å². The van der Waals surface area contributed by atoms with Gasteiger partial charge in [-0.1, -0.05) is 30.3 Å². The lowest BCUT2D eigenvalue weighted by Gasteiger charge is -2.13. The maximum Gasteiger partial charge on any atom is 0.416 e. The van der Waals surface area contributed by atoms with Crippen LogP contribution in [0.3, 0.4) is 0 Å². The van der Waals surface area contributed by atoms with E-state index in [9.17, 15) is 18.3 Å². The van der Waals surface area contributed by atoms with Crippen molar-refractivity contribution >= 4 is 0 Å². The summed E-state index contributed by atoms with van der Waals surface area (Å²) in [7, 11) is 1.61. The third kappa shape index (κ3) is 4.73. The fraction of sp³-hybridized carbons (Fsp3) is 0.333. The minimum atomic E-state index is -4.35. The Balaban J connectivity index is 1.91. The van der Waals surface area contributed by atoms with Crippen molar-refractivity contribution in [2.45, 2.75) is 31.5 Å². The van der Waals surface area contributed by atoms with E-state index in [0.717, 1.165) is 29.9 Å². The summed E-state index contributed by atoms with van der Waals surface area (Å²) in [6.07, 6.45) is -3.20. The second-order valence-electron chi connectivity index (χ2n) is 5.34. The molecule has 0 saturated carbocycles. The zero-order chi connectivity index (χ0) is 16.9. The number of alkyl halides is 3. The molecule has 0 aliphatic heterocycles. The van der Waals surface area contributed by atoms with Crippen LogP contribution in [-0.2, 0) is 12.6 Å². The fourth-order valence-corrected chi connectivity index (χ4v) is 2.46. The summed E-state index contributed by atoms with van der Waals surface area (Å²) in [5.74, 6) is 0.802. The van der Waals surface area contributed by atoms with Gasteiger partial charge in [-0.25, -0.2) is 0 Å². The van der Waals surface area contributed by atoms with Gasteiger partial charge in [-0.05, 0) is 48.6 Å². The van der Waals surface area contributed by atoms with E-state index in [0.29, 0.717) is 18.4 Å². The Morgan fingerprint density at radius 1 is 1.04 bits per heavy atom. The van der Waals surface area contributed by atoms with Gasteiger partial charge in [0.15, 0.2) is 0 Å². The van der Waals surface area contributed by atoms with Crippen LogP contribution in [0.2, 0.25) is 0 Å². The largest absolute Gasteiger partial charge is 0.496 e.